The van der Waals surface area contributed by atoms with Gasteiger partial charge in [-0.2, -0.15) is 0 Å². The monoisotopic (exact) mass is 209 g/mol. The third-order valence-corrected chi connectivity index (χ3v) is 2.63. The topological polar surface area (TPSA) is 58.6 Å². The fourth-order valence-corrected chi connectivity index (χ4v) is 1.49. The maximum absolute atomic E-state index is 11.0. The Morgan fingerprint density at radius 1 is 1.38 bits per heavy atom. The average molecular weight is 209 g/mol. The molecule has 0 heterocycles. The van der Waals surface area contributed by atoms with Crippen molar-refractivity contribution < 1.29 is 18.5 Å². The second-order valence-electron chi connectivity index (χ2n) is 3.09. The van der Waals surface area contributed by atoms with Gasteiger partial charge in [0.1, 0.15) is 0 Å². The molecule has 0 aromatic rings. The van der Waals surface area contributed by atoms with Crippen LogP contribution in [-0.2, 0) is 13.6 Å². The zero-order valence-corrected chi connectivity index (χ0v) is 9.38. The van der Waals surface area contributed by atoms with Gasteiger partial charge >= 0.3 is 0 Å². The van der Waals surface area contributed by atoms with Crippen molar-refractivity contribution in [1.29, 1.82) is 0 Å². The van der Waals surface area contributed by atoms with Crippen LogP contribution in [0.25, 0.3) is 0 Å². The van der Waals surface area contributed by atoms with Gasteiger partial charge in [0.15, 0.2) is 0 Å². The van der Waals surface area contributed by atoms with Crippen molar-refractivity contribution in [3.8, 4) is 0 Å². The van der Waals surface area contributed by atoms with E-state index in [1.807, 2.05) is 20.8 Å². The summed E-state index contributed by atoms with van der Waals surface area (Å²) in [5.41, 5.74) is 0. The molecule has 0 N–H and O–H groups in total. The second kappa shape index (κ2) is 6.55. The van der Waals surface area contributed by atoms with Crippen molar-refractivity contribution in [3.05, 3.63) is 0 Å². The van der Waals surface area contributed by atoms with Gasteiger partial charge in [-0.1, -0.05) is 27.2 Å². The summed E-state index contributed by atoms with van der Waals surface area (Å²) in [5.74, 6) is 0.243. The van der Waals surface area contributed by atoms with Crippen molar-refractivity contribution in [2.75, 3.05) is 13.2 Å². The van der Waals surface area contributed by atoms with Gasteiger partial charge in [0.25, 0.3) is 7.82 Å². The molecule has 0 bridgehead atoms. The van der Waals surface area contributed by atoms with Crippen LogP contribution in [0.1, 0.15) is 33.6 Å². The van der Waals surface area contributed by atoms with Crippen LogP contribution in [0.15, 0.2) is 0 Å². The highest BCUT2D eigenvalue weighted by atomic mass is 31.2. The quantitative estimate of drug-likeness (QED) is 0.601. The summed E-state index contributed by atoms with van der Waals surface area (Å²) in [6, 6.07) is 0. The Morgan fingerprint density at radius 3 is 2.46 bits per heavy atom. The normalized spacial score (nSPS) is 18.2. The molecular weight excluding hydrogens is 191 g/mol. The molecule has 0 fully saturated rings. The van der Waals surface area contributed by atoms with Gasteiger partial charge in [-0.3, -0.25) is 4.57 Å². The van der Waals surface area contributed by atoms with Gasteiger partial charge in [-0.05, 0) is 12.3 Å². The number of hydrogen-bond acceptors (Lipinski definition) is 4. The standard InChI is InChI=1S/C8H19O4P/c1-4-6-11-13(9,10)12-7-8(3)5-2/h8H,4-7H2,1-3H3,(H,9,10)/p-1. The Labute approximate surface area is 79.9 Å². The molecule has 0 rings (SSSR count). The molecule has 80 valence electrons. The Balaban J connectivity index is 3.68. The van der Waals surface area contributed by atoms with Crippen molar-refractivity contribution >= 4 is 7.82 Å². The molecule has 0 saturated carbocycles. The lowest BCUT2D eigenvalue weighted by atomic mass is 10.1. The largest absolute Gasteiger partial charge is 0.756 e. The molecule has 0 aliphatic heterocycles. The predicted molar refractivity (Wildman–Crippen MR) is 49.3 cm³/mol. The molecular formula is C8H18O4P-. The summed E-state index contributed by atoms with van der Waals surface area (Å²) in [5, 5.41) is 0. The number of hydrogen-bond donors (Lipinski definition) is 0. The molecule has 0 radical (unpaired) electrons. The van der Waals surface area contributed by atoms with E-state index in [2.05, 4.69) is 9.05 Å². The van der Waals surface area contributed by atoms with Crippen molar-refractivity contribution in [1.82, 2.24) is 0 Å². The number of phosphoric ester groups is 1. The second-order valence-corrected chi connectivity index (χ2v) is 4.50. The van der Waals surface area contributed by atoms with E-state index < -0.39 is 7.82 Å². The highest BCUT2D eigenvalue weighted by Gasteiger charge is 2.10. The minimum Gasteiger partial charge on any atom is -0.756 e. The minimum absolute atomic E-state index is 0.196. The van der Waals surface area contributed by atoms with E-state index in [-0.39, 0.29) is 19.1 Å². The first-order valence-corrected chi connectivity index (χ1v) is 6.08. The summed E-state index contributed by atoms with van der Waals surface area (Å²) in [4.78, 5) is 11.0. The van der Waals surface area contributed by atoms with Crippen LogP contribution in [0.5, 0.6) is 0 Å². The Morgan fingerprint density at radius 2 is 2.00 bits per heavy atom. The maximum atomic E-state index is 11.0. The molecule has 0 aromatic carbocycles. The highest BCUT2D eigenvalue weighted by molar-refractivity contribution is 7.45. The average Bonchev–Trinajstić information content (AvgIpc) is 2.11. The Bertz CT molecular complexity index is 172. The zero-order valence-electron chi connectivity index (χ0n) is 8.49. The Hall–Kier alpha value is 0.110. The van der Waals surface area contributed by atoms with E-state index in [1.54, 1.807) is 0 Å². The first-order valence-electron chi connectivity index (χ1n) is 4.62. The van der Waals surface area contributed by atoms with Crippen LogP contribution in [0.3, 0.4) is 0 Å². The third-order valence-electron chi connectivity index (χ3n) is 1.67. The molecule has 4 nitrogen and oxygen atoms in total. The Kier molecular flexibility index (Phi) is 6.60. The van der Waals surface area contributed by atoms with Crippen molar-refractivity contribution in [2.45, 2.75) is 33.6 Å². The molecule has 0 spiro atoms. The summed E-state index contributed by atoms with van der Waals surface area (Å²) < 4.78 is 20.2. The maximum Gasteiger partial charge on any atom is 0.267 e. The molecule has 0 aliphatic rings. The van der Waals surface area contributed by atoms with Gasteiger partial charge in [-0.25, -0.2) is 0 Å². The highest BCUT2D eigenvalue weighted by Crippen LogP contribution is 2.38. The smallest absolute Gasteiger partial charge is 0.267 e. The van der Waals surface area contributed by atoms with Gasteiger partial charge < -0.3 is 13.9 Å². The number of rotatable bonds is 7. The first kappa shape index (κ1) is 13.1. The van der Waals surface area contributed by atoms with E-state index in [0.717, 1.165) is 6.42 Å². The molecule has 0 amide bonds. The molecule has 0 saturated heterocycles. The van der Waals surface area contributed by atoms with Gasteiger partial charge in [0.2, 0.25) is 0 Å². The molecule has 0 aliphatic carbocycles. The van der Waals surface area contributed by atoms with Crippen molar-refractivity contribution in [2.24, 2.45) is 5.92 Å². The lowest BCUT2D eigenvalue weighted by molar-refractivity contribution is -0.226. The molecule has 13 heavy (non-hydrogen) atoms. The van der Waals surface area contributed by atoms with Crippen LogP contribution >= 0.6 is 7.82 Å². The van der Waals surface area contributed by atoms with E-state index in [4.69, 9.17) is 0 Å². The fourth-order valence-electron chi connectivity index (χ4n) is 0.577. The first-order chi connectivity index (χ1) is 6.02. The summed E-state index contributed by atoms with van der Waals surface area (Å²) in [6.45, 7) is 6.16. The third kappa shape index (κ3) is 7.20. The van der Waals surface area contributed by atoms with Crippen LogP contribution in [0, 0.1) is 5.92 Å². The van der Waals surface area contributed by atoms with Gasteiger partial charge in [0, 0.05) is 0 Å². The fraction of sp³-hybridized carbons (Fsp3) is 1.00. The van der Waals surface area contributed by atoms with Crippen LogP contribution in [-0.4, -0.2) is 13.2 Å². The summed E-state index contributed by atoms with van der Waals surface area (Å²) in [6.07, 6.45) is 1.56. The van der Waals surface area contributed by atoms with Crippen LogP contribution in [0.2, 0.25) is 0 Å². The molecule has 5 heteroatoms. The summed E-state index contributed by atoms with van der Waals surface area (Å²) in [7, 11) is -4.03. The lowest BCUT2D eigenvalue weighted by Gasteiger charge is -2.23. The van der Waals surface area contributed by atoms with E-state index >= 15 is 0 Å². The zero-order chi connectivity index (χ0) is 10.3. The van der Waals surface area contributed by atoms with Crippen molar-refractivity contribution in [3.63, 3.8) is 0 Å². The van der Waals surface area contributed by atoms with E-state index in [0.29, 0.717) is 6.42 Å². The van der Waals surface area contributed by atoms with Gasteiger partial charge in [-0.15, -0.1) is 0 Å². The number of phosphoric acid groups is 1. The predicted octanol–water partition coefficient (Wildman–Crippen LogP) is 1.94. The lowest BCUT2D eigenvalue weighted by Crippen LogP contribution is -2.12. The SMILES string of the molecule is CCCOP(=O)([O-])OCC(C)CC. The van der Waals surface area contributed by atoms with E-state index in [9.17, 15) is 9.46 Å². The van der Waals surface area contributed by atoms with E-state index in [1.165, 1.54) is 0 Å². The molecule has 2 atom stereocenters. The molecule has 2 unspecified atom stereocenters. The molecule has 0 aromatic heterocycles. The van der Waals surface area contributed by atoms with Gasteiger partial charge in [0.05, 0.1) is 13.2 Å². The summed E-state index contributed by atoms with van der Waals surface area (Å²) >= 11 is 0. The van der Waals surface area contributed by atoms with Crippen LogP contribution in [0.4, 0.5) is 0 Å². The van der Waals surface area contributed by atoms with Crippen LogP contribution < -0.4 is 4.89 Å². The minimum atomic E-state index is -4.03.